The van der Waals surface area contributed by atoms with E-state index >= 15 is 0 Å². The van der Waals surface area contributed by atoms with Gasteiger partial charge in [0.2, 0.25) is 0 Å². The van der Waals surface area contributed by atoms with Gasteiger partial charge in [0, 0.05) is 17.3 Å². The van der Waals surface area contributed by atoms with E-state index in [4.69, 9.17) is 30.6 Å². The van der Waals surface area contributed by atoms with Crippen molar-refractivity contribution < 1.29 is 79.2 Å². The lowest BCUT2D eigenvalue weighted by Gasteiger charge is -2.09. The summed E-state index contributed by atoms with van der Waals surface area (Å²) in [7, 11) is 0. The fraction of sp³-hybridized carbons (Fsp3) is 0. The van der Waals surface area contributed by atoms with Gasteiger partial charge in [0.25, 0.3) is 0 Å². The van der Waals surface area contributed by atoms with Crippen molar-refractivity contribution in [2.24, 2.45) is 0 Å². The van der Waals surface area contributed by atoms with Gasteiger partial charge >= 0.3 is 47.8 Å². The third-order valence-electron chi connectivity index (χ3n) is 6.24. The lowest BCUT2D eigenvalue weighted by atomic mass is 10.00. The summed E-state index contributed by atoms with van der Waals surface area (Å²) in [5, 5.41) is 71.8. The minimum Gasteiger partial charge on any atom is -0.478 e. The van der Waals surface area contributed by atoms with Crippen LogP contribution in [0.3, 0.4) is 0 Å². The molecule has 18 heteroatoms. The van der Waals surface area contributed by atoms with Gasteiger partial charge in [-0.3, -0.25) is 0 Å². The Morgan fingerprint density at radius 3 is 1.15 bits per heavy atom. The molecule has 0 spiro atoms. The zero-order chi connectivity index (χ0) is 36.0. The number of carboxylic acids is 8. The largest absolute Gasteiger partial charge is 0.478 e. The van der Waals surface area contributed by atoms with Crippen LogP contribution in [-0.2, 0) is 0 Å². The van der Waals surface area contributed by atoms with E-state index in [0.29, 0.717) is 28.7 Å². The second kappa shape index (κ2) is 14.1. The molecule has 0 aliphatic heterocycles. The second-order valence-electron chi connectivity index (χ2n) is 9.14. The normalized spacial score (nSPS) is 10.2. The van der Waals surface area contributed by atoms with Crippen molar-refractivity contribution in [3.63, 3.8) is 0 Å². The van der Waals surface area contributed by atoms with Crippen LogP contribution in [0.5, 0.6) is 0 Å². The van der Waals surface area contributed by atoms with Gasteiger partial charge in [0.05, 0.1) is 44.8 Å². The topological polar surface area (TPSA) is 324 Å². The monoisotopic (exact) mass is 662 g/mol. The van der Waals surface area contributed by atoms with Crippen molar-refractivity contribution in [1.29, 1.82) is 0 Å². The molecule has 0 saturated heterocycles. The molecule has 8 N–H and O–H groups in total. The Hall–Kier alpha value is -7.50. The maximum Gasteiger partial charge on any atom is 0.355 e. The lowest BCUT2D eigenvalue weighted by molar-refractivity contribution is 0.0615. The first-order valence-electron chi connectivity index (χ1n) is 12.6. The molecule has 48 heavy (non-hydrogen) atoms. The van der Waals surface area contributed by atoms with E-state index < -0.39 is 81.3 Å². The quantitative estimate of drug-likeness (QED) is 0.121. The highest BCUT2D eigenvalue weighted by molar-refractivity contribution is 6.12. The van der Waals surface area contributed by atoms with E-state index in [0.717, 1.165) is 0 Å². The molecular formula is C30H18N2O16. The summed E-state index contributed by atoms with van der Waals surface area (Å²) >= 11 is 0. The van der Waals surface area contributed by atoms with Crippen molar-refractivity contribution in [3.8, 4) is 22.5 Å². The van der Waals surface area contributed by atoms with Crippen LogP contribution < -0.4 is 0 Å². The van der Waals surface area contributed by atoms with Crippen molar-refractivity contribution >= 4 is 47.8 Å². The van der Waals surface area contributed by atoms with E-state index in [1.54, 1.807) is 18.2 Å². The average Bonchev–Trinajstić information content (AvgIpc) is 3.03. The predicted molar refractivity (Wildman–Crippen MR) is 155 cm³/mol. The van der Waals surface area contributed by atoms with Crippen LogP contribution in [0.1, 0.15) is 83.0 Å². The number of rotatable bonds is 10. The smallest absolute Gasteiger partial charge is 0.355 e. The third-order valence-corrected chi connectivity index (χ3v) is 6.24. The minimum absolute atomic E-state index is 0.325. The molecule has 2 aromatic carbocycles. The van der Waals surface area contributed by atoms with E-state index in [-0.39, 0.29) is 11.1 Å². The molecule has 2 heterocycles. The highest BCUT2D eigenvalue weighted by atomic mass is 16.4. The molecule has 4 rings (SSSR count). The Bertz CT molecular complexity index is 1930. The summed E-state index contributed by atoms with van der Waals surface area (Å²) in [6.07, 6.45) is 0.488. The van der Waals surface area contributed by atoms with Gasteiger partial charge in [-0.25, -0.2) is 48.3 Å². The zero-order valence-electron chi connectivity index (χ0n) is 23.5. The number of nitrogens with zero attached hydrogens (tertiary/aromatic N) is 2. The predicted octanol–water partition coefficient (Wildman–Crippen LogP) is 3.08. The van der Waals surface area contributed by atoms with Crippen LogP contribution in [0, 0.1) is 0 Å². The van der Waals surface area contributed by atoms with Gasteiger partial charge in [-0.2, -0.15) is 0 Å². The van der Waals surface area contributed by atoms with Crippen molar-refractivity contribution in [1.82, 2.24) is 9.97 Å². The van der Waals surface area contributed by atoms with Crippen molar-refractivity contribution in [2.45, 2.75) is 0 Å². The summed E-state index contributed by atoms with van der Waals surface area (Å²) in [5.41, 5.74) is -4.41. The number of hydrogen-bond donors (Lipinski definition) is 8. The molecule has 0 bridgehead atoms. The number of carboxylic acid groups (broad SMARTS) is 8. The highest BCUT2D eigenvalue weighted by Crippen LogP contribution is 2.27. The summed E-state index contributed by atoms with van der Waals surface area (Å²) in [4.78, 5) is 95.9. The van der Waals surface area contributed by atoms with Gasteiger partial charge in [-0.1, -0.05) is 18.2 Å². The molecule has 0 atom stereocenters. The zero-order valence-corrected chi connectivity index (χ0v) is 23.5. The van der Waals surface area contributed by atoms with Crippen molar-refractivity contribution in [2.75, 3.05) is 0 Å². The van der Waals surface area contributed by atoms with Crippen LogP contribution in [0.15, 0.2) is 60.8 Å². The first-order chi connectivity index (χ1) is 22.5. The van der Waals surface area contributed by atoms with E-state index in [1.807, 2.05) is 0 Å². The number of aromatic nitrogens is 2. The molecule has 18 nitrogen and oxygen atoms in total. The Morgan fingerprint density at radius 1 is 0.417 bits per heavy atom. The molecule has 0 unspecified atom stereocenters. The summed E-state index contributed by atoms with van der Waals surface area (Å²) < 4.78 is 0. The van der Waals surface area contributed by atoms with Crippen LogP contribution in [0.2, 0.25) is 0 Å². The Balaban J connectivity index is 0.000000297. The number of hydrogen-bond acceptors (Lipinski definition) is 10. The molecule has 0 fully saturated rings. The standard InChI is InChI=1S/C21H13NO8.C9H5NO8/c23-18(24)12-6-4-10(8-14(12)20(27)28)16-2-1-3-17(22-16)11-5-7-13(19(25)26)15(9-11)21(29)30;11-6(12)2-1-10-5(9(17)18)4(8(15)16)3(2)7(13)14/h1-9H,(H,23,24)(H,25,26)(H,27,28)(H,29,30);1H,(H,11,12)(H,13,14)(H,15,16)(H,17,18). The van der Waals surface area contributed by atoms with Crippen LogP contribution >= 0.6 is 0 Å². The second-order valence-corrected chi connectivity index (χ2v) is 9.14. The van der Waals surface area contributed by atoms with E-state index in [2.05, 4.69) is 9.97 Å². The fourth-order valence-corrected chi connectivity index (χ4v) is 4.16. The molecule has 0 saturated carbocycles. The molecule has 4 aromatic rings. The lowest BCUT2D eigenvalue weighted by Crippen LogP contribution is -2.20. The van der Waals surface area contributed by atoms with E-state index in [1.165, 1.54) is 36.4 Å². The third kappa shape index (κ3) is 7.41. The average molecular weight is 662 g/mol. The summed E-state index contributed by atoms with van der Waals surface area (Å²) in [6.45, 7) is 0. The number of carbonyl (C=O) groups is 8. The maximum absolute atomic E-state index is 11.4. The number of benzene rings is 2. The Labute approximate surface area is 265 Å². The van der Waals surface area contributed by atoms with Crippen LogP contribution in [0.4, 0.5) is 0 Å². The fourth-order valence-electron chi connectivity index (χ4n) is 4.16. The Morgan fingerprint density at radius 2 is 0.812 bits per heavy atom. The molecule has 0 radical (unpaired) electrons. The minimum atomic E-state index is -1.89. The summed E-state index contributed by atoms with van der Waals surface area (Å²) in [5.74, 6) is -12.8. The van der Waals surface area contributed by atoms with Gasteiger partial charge in [-0.15, -0.1) is 0 Å². The Kier molecular flexibility index (Phi) is 10.3. The molecule has 0 aliphatic carbocycles. The first-order valence-corrected chi connectivity index (χ1v) is 12.6. The first kappa shape index (κ1) is 35.0. The maximum atomic E-state index is 11.4. The van der Waals surface area contributed by atoms with E-state index in [9.17, 15) is 48.6 Å². The molecule has 0 aliphatic rings. The molecular weight excluding hydrogens is 644 g/mol. The van der Waals surface area contributed by atoms with Gasteiger partial charge < -0.3 is 40.9 Å². The highest BCUT2D eigenvalue weighted by Gasteiger charge is 2.30. The van der Waals surface area contributed by atoms with Crippen LogP contribution in [0.25, 0.3) is 22.5 Å². The van der Waals surface area contributed by atoms with Crippen molar-refractivity contribution in [3.05, 3.63) is 105 Å². The molecule has 2 aromatic heterocycles. The van der Waals surface area contributed by atoms with Gasteiger partial charge in [0.1, 0.15) is 5.56 Å². The number of aromatic carboxylic acids is 8. The molecule has 244 valence electrons. The summed E-state index contributed by atoms with van der Waals surface area (Å²) in [6, 6.07) is 12.3. The van der Waals surface area contributed by atoms with Gasteiger partial charge in [0.15, 0.2) is 5.69 Å². The van der Waals surface area contributed by atoms with Gasteiger partial charge in [-0.05, 0) is 36.4 Å². The van der Waals surface area contributed by atoms with Crippen LogP contribution in [-0.4, -0.2) is 98.6 Å². The number of pyridine rings is 2. The molecule has 0 amide bonds. The SMILES string of the molecule is O=C(O)c1ccc(-c2cccc(-c3ccc(C(=O)O)c(C(=O)O)c3)n2)cc1C(=O)O.O=C(O)c1cnc(C(=O)O)c(C(=O)O)c1C(=O)O.